The first-order valence-electron chi connectivity index (χ1n) is 8.24. The summed E-state index contributed by atoms with van der Waals surface area (Å²) in [6.07, 6.45) is 0.985. The van der Waals surface area contributed by atoms with Crippen LogP contribution in [0.15, 0.2) is 48.5 Å². The molecule has 2 nitrogen and oxygen atoms in total. The minimum Gasteiger partial charge on any atom is -0.356 e. The van der Waals surface area contributed by atoms with Crippen LogP contribution in [0.3, 0.4) is 0 Å². The van der Waals surface area contributed by atoms with Crippen molar-refractivity contribution in [3.63, 3.8) is 0 Å². The molecule has 3 heteroatoms. The SMILES string of the molecule is CC[C@H](NC(=S)Nc1ccc(C(C)C)cc1)c1ccccc1C. The lowest BCUT2D eigenvalue weighted by Gasteiger charge is -2.21. The van der Waals surface area contributed by atoms with E-state index in [0.717, 1.165) is 12.1 Å². The molecular formula is C20H26N2S. The van der Waals surface area contributed by atoms with Crippen LogP contribution in [0, 0.1) is 6.92 Å². The third-order valence-electron chi connectivity index (χ3n) is 4.11. The molecule has 0 bridgehead atoms. The molecule has 2 rings (SSSR count). The Labute approximate surface area is 145 Å². The molecular weight excluding hydrogens is 300 g/mol. The Morgan fingerprint density at radius 3 is 2.26 bits per heavy atom. The van der Waals surface area contributed by atoms with Gasteiger partial charge in [-0.2, -0.15) is 0 Å². The summed E-state index contributed by atoms with van der Waals surface area (Å²) in [4.78, 5) is 0. The predicted molar refractivity (Wildman–Crippen MR) is 104 cm³/mol. The van der Waals surface area contributed by atoms with Crippen LogP contribution in [0.1, 0.15) is 55.8 Å². The summed E-state index contributed by atoms with van der Waals surface area (Å²) in [5.41, 5.74) is 4.94. The van der Waals surface area contributed by atoms with Crippen LogP contribution < -0.4 is 10.6 Å². The van der Waals surface area contributed by atoms with E-state index in [1.807, 2.05) is 0 Å². The van der Waals surface area contributed by atoms with Gasteiger partial charge in [0.15, 0.2) is 5.11 Å². The van der Waals surface area contributed by atoms with E-state index in [1.54, 1.807) is 0 Å². The van der Waals surface area contributed by atoms with Crippen molar-refractivity contribution in [2.75, 3.05) is 5.32 Å². The quantitative estimate of drug-likeness (QED) is 0.704. The third-order valence-corrected chi connectivity index (χ3v) is 4.33. The summed E-state index contributed by atoms with van der Waals surface area (Å²) >= 11 is 5.48. The topological polar surface area (TPSA) is 24.1 Å². The lowest BCUT2D eigenvalue weighted by atomic mass is 9.99. The van der Waals surface area contributed by atoms with Gasteiger partial charge >= 0.3 is 0 Å². The van der Waals surface area contributed by atoms with E-state index >= 15 is 0 Å². The molecule has 122 valence electrons. The number of nitrogens with one attached hydrogen (secondary N) is 2. The summed E-state index contributed by atoms with van der Waals surface area (Å²) in [5, 5.41) is 7.38. The second-order valence-electron chi connectivity index (χ2n) is 6.19. The van der Waals surface area contributed by atoms with E-state index in [1.165, 1.54) is 16.7 Å². The Hall–Kier alpha value is -1.87. The van der Waals surface area contributed by atoms with Crippen molar-refractivity contribution in [1.29, 1.82) is 0 Å². The molecule has 0 aliphatic heterocycles. The fourth-order valence-corrected chi connectivity index (χ4v) is 2.91. The molecule has 0 aliphatic carbocycles. The zero-order valence-electron chi connectivity index (χ0n) is 14.4. The van der Waals surface area contributed by atoms with E-state index in [9.17, 15) is 0 Å². The number of benzene rings is 2. The van der Waals surface area contributed by atoms with Gasteiger partial charge in [-0.25, -0.2) is 0 Å². The maximum absolute atomic E-state index is 5.48. The Morgan fingerprint density at radius 2 is 1.70 bits per heavy atom. The molecule has 0 saturated carbocycles. The van der Waals surface area contributed by atoms with Gasteiger partial charge in [0.1, 0.15) is 0 Å². The molecule has 2 aromatic rings. The van der Waals surface area contributed by atoms with E-state index in [2.05, 4.69) is 86.9 Å². The zero-order chi connectivity index (χ0) is 16.8. The third kappa shape index (κ3) is 4.80. The molecule has 0 unspecified atom stereocenters. The van der Waals surface area contributed by atoms with Crippen molar-refractivity contribution in [2.24, 2.45) is 0 Å². The van der Waals surface area contributed by atoms with E-state index < -0.39 is 0 Å². The first kappa shape index (κ1) is 17.5. The van der Waals surface area contributed by atoms with Crippen LogP contribution in [0.5, 0.6) is 0 Å². The van der Waals surface area contributed by atoms with Crippen molar-refractivity contribution in [3.8, 4) is 0 Å². The average Bonchev–Trinajstić information content (AvgIpc) is 2.54. The molecule has 2 N–H and O–H groups in total. The van der Waals surface area contributed by atoms with Gasteiger partial charge in [-0.3, -0.25) is 0 Å². The largest absolute Gasteiger partial charge is 0.356 e. The maximum atomic E-state index is 5.48. The highest BCUT2D eigenvalue weighted by Crippen LogP contribution is 2.21. The Morgan fingerprint density at radius 1 is 1.04 bits per heavy atom. The van der Waals surface area contributed by atoms with Gasteiger partial charge in [-0.15, -0.1) is 0 Å². The molecule has 0 aromatic heterocycles. The molecule has 0 aliphatic rings. The fraction of sp³-hybridized carbons (Fsp3) is 0.350. The number of anilines is 1. The molecule has 1 atom stereocenters. The molecule has 0 heterocycles. The monoisotopic (exact) mass is 326 g/mol. The van der Waals surface area contributed by atoms with E-state index in [4.69, 9.17) is 12.2 Å². The van der Waals surface area contributed by atoms with Crippen LogP contribution in [-0.4, -0.2) is 5.11 Å². The van der Waals surface area contributed by atoms with Crippen LogP contribution in [0.4, 0.5) is 5.69 Å². The van der Waals surface area contributed by atoms with Gasteiger partial charge in [0.05, 0.1) is 6.04 Å². The molecule has 0 radical (unpaired) electrons. The number of hydrogen-bond donors (Lipinski definition) is 2. The summed E-state index contributed by atoms with van der Waals surface area (Å²) in [7, 11) is 0. The molecule has 23 heavy (non-hydrogen) atoms. The van der Waals surface area contributed by atoms with Gasteiger partial charge < -0.3 is 10.6 Å². The normalized spacial score (nSPS) is 12.0. The summed E-state index contributed by atoms with van der Waals surface area (Å²) in [6.45, 7) is 8.70. The van der Waals surface area contributed by atoms with Gasteiger partial charge in [0.2, 0.25) is 0 Å². The fourth-order valence-electron chi connectivity index (χ4n) is 2.65. The Bertz CT molecular complexity index is 647. The van der Waals surface area contributed by atoms with Crippen LogP contribution in [0.25, 0.3) is 0 Å². The summed E-state index contributed by atoms with van der Waals surface area (Å²) in [6, 6.07) is 17.1. The predicted octanol–water partition coefficient (Wildman–Crippen LogP) is 5.56. The standard InChI is InChI=1S/C20H26N2S/c1-5-19(18-9-7-6-8-15(18)4)22-20(23)21-17-12-10-16(11-13-17)14(2)3/h6-14,19H,5H2,1-4H3,(H2,21,22,23)/t19-/m0/s1. The van der Waals surface area contributed by atoms with E-state index in [0.29, 0.717) is 11.0 Å². The Kier molecular flexibility index (Phi) is 6.17. The highest BCUT2D eigenvalue weighted by Gasteiger charge is 2.12. The van der Waals surface area contributed by atoms with E-state index in [-0.39, 0.29) is 6.04 Å². The lowest BCUT2D eigenvalue weighted by molar-refractivity contribution is 0.625. The first-order valence-corrected chi connectivity index (χ1v) is 8.65. The molecule has 0 saturated heterocycles. The number of thiocarbonyl (C=S) groups is 1. The van der Waals surface area contributed by atoms with Crippen LogP contribution >= 0.6 is 12.2 Å². The van der Waals surface area contributed by atoms with Crippen molar-refractivity contribution in [2.45, 2.75) is 46.1 Å². The highest BCUT2D eigenvalue weighted by molar-refractivity contribution is 7.80. The van der Waals surface area contributed by atoms with Gasteiger partial charge in [0.25, 0.3) is 0 Å². The number of rotatable bonds is 5. The van der Waals surface area contributed by atoms with Gasteiger partial charge in [0, 0.05) is 5.69 Å². The van der Waals surface area contributed by atoms with Gasteiger partial charge in [-0.05, 0) is 60.3 Å². The van der Waals surface area contributed by atoms with Crippen LogP contribution in [-0.2, 0) is 0 Å². The Balaban J connectivity index is 2.01. The minimum atomic E-state index is 0.228. The smallest absolute Gasteiger partial charge is 0.171 e. The number of aryl methyl sites for hydroxylation is 1. The van der Waals surface area contributed by atoms with Crippen molar-refractivity contribution in [3.05, 3.63) is 65.2 Å². The lowest BCUT2D eigenvalue weighted by Crippen LogP contribution is -2.32. The molecule has 0 fully saturated rings. The second kappa shape index (κ2) is 8.11. The molecule has 0 amide bonds. The minimum absolute atomic E-state index is 0.228. The van der Waals surface area contributed by atoms with Crippen LogP contribution in [0.2, 0.25) is 0 Å². The maximum Gasteiger partial charge on any atom is 0.171 e. The average molecular weight is 327 g/mol. The molecule has 0 spiro atoms. The van der Waals surface area contributed by atoms with Crippen molar-refractivity contribution in [1.82, 2.24) is 5.32 Å². The van der Waals surface area contributed by atoms with Gasteiger partial charge in [-0.1, -0.05) is 57.2 Å². The summed E-state index contributed by atoms with van der Waals surface area (Å²) in [5.74, 6) is 0.541. The second-order valence-corrected chi connectivity index (χ2v) is 6.60. The molecule has 2 aromatic carbocycles. The van der Waals surface area contributed by atoms with Crippen molar-refractivity contribution >= 4 is 23.0 Å². The zero-order valence-corrected chi connectivity index (χ0v) is 15.2. The van der Waals surface area contributed by atoms with Crippen molar-refractivity contribution < 1.29 is 0 Å². The summed E-state index contributed by atoms with van der Waals surface area (Å²) < 4.78 is 0. The highest BCUT2D eigenvalue weighted by atomic mass is 32.1. The number of hydrogen-bond acceptors (Lipinski definition) is 1. The first-order chi connectivity index (χ1) is 11.0.